The van der Waals surface area contributed by atoms with Crippen molar-refractivity contribution >= 4 is 17.6 Å². The molecule has 0 fully saturated rings. The standard InChI is InChI=1S/C20H20N2O2S/c1-2-3-4-13-24-18-11-9-17(10-12-18)20-22-21-19(25-20)16-7-5-15(14-23)6-8-16/h5-12,14H,2-4,13H2,1H3. The Bertz CT molecular complexity index is 810. The molecule has 0 unspecified atom stereocenters. The van der Waals surface area contributed by atoms with Gasteiger partial charge in [0.2, 0.25) is 0 Å². The third kappa shape index (κ3) is 4.51. The van der Waals surface area contributed by atoms with E-state index in [2.05, 4.69) is 17.1 Å². The first-order valence-electron chi connectivity index (χ1n) is 8.42. The molecule has 3 aromatic rings. The molecule has 25 heavy (non-hydrogen) atoms. The number of nitrogens with zero attached hydrogens (tertiary/aromatic N) is 2. The lowest BCUT2D eigenvalue weighted by molar-refractivity contribution is 0.112. The first-order valence-corrected chi connectivity index (χ1v) is 9.24. The number of benzene rings is 2. The van der Waals surface area contributed by atoms with Crippen molar-refractivity contribution in [3.8, 4) is 26.9 Å². The molecule has 4 nitrogen and oxygen atoms in total. The van der Waals surface area contributed by atoms with Gasteiger partial charge in [0.15, 0.2) is 0 Å². The second-order valence-corrected chi connectivity index (χ2v) is 6.71. The quantitative estimate of drug-likeness (QED) is 0.410. The molecular formula is C20H20N2O2S. The summed E-state index contributed by atoms with van der Waals surface area (Å²) in [6, 6.07) is 15.3. The lowest BCUT2D eigenvalue weighted by atomic mass is 10.2. The second-order valence-electron chi connectivity index (χ2n) is 5.73. The number of rotatable bonds is 8. The molecule has 3 rings (SSSR count). The molecule has 1 heterocycles. The van der Waals surface area contributed by atoms with Crippen LogP contribution in [0.5, 0.6) is 5.75 Å². The van der Waals surface area contributed by atoms with Gasteiger partial charge in [-0.2, -0.15) is 0 Å². The number of carbonyl (C=O) groups excluding carboxylic acids is 1. The zero-order valence-electron chi connectivity index (χ0n) is 14.1. The van der Waals surface area contributed by atoms with Gasteiger partial charge in [0.25, 0.3) is 0 Å². The van der Waals surface area contributed by atoms with Crippen LogP contribution in [0, 0.1) is 0 Å². The second kappa shape index (κ2) is 8.53. The fraction of sp³-hybridized carbons (Fsp3) is 0.250. The largest absolute Gasteiger partial charge is 0.494 e. The highest BCUT2D eigenvalue weighted by Gasteiger charge is 2.09. The van der Waals surface area contributed by atoms with Crippen LogP contribution in [0.25, 0.3) is 21.1 Å². The predicted molar refractivity (Wildman–Crippen MR) is 101 cm³/mol. The van der Waals surface area contributed by atoms with Gasteiger partial charge in [0, 0.05) is 16.7 Å². The molecule has 128 valence electrons. The number of aldehydes is 1. The van der Waals surface area contributed by atoms with E-state index in [0.717, 1.165) is 46.2 Å². The van der Waals surface area contributed by atoms with Gasteiger partial charge in [-0.05, 0) is 30.7 Å². The predicted octanol–water partition coefficient (Wildman–Crippen LogP) is 5.25. The number of hydrogen-bond acceptors (Lipinski definition) is 5. The van der Waals surface area contributed by atoms with E-state index in [1.54, 1.807) is 12.1 Å². The van der Waals surface area contributed by atoms with E-state index < -0.39 is 0 Å². The average Bonchev–Trinajstić information content (AvgIpc) is 3.16. The smallest absolute Gasteiger partial charge is 0.150 e. The van der Waals surface area contributed by atoms with Gasteiger partial charge in [-0.15, -0.1) is 10.2 Å². The van der Waals surface area contributed by atoms with Crippen molar-refractivity contribution < 1.29 is 9.53 Å². The molecule has 0 aliphatic rings. The van der Waals surface area contributed by atoms with Crippen molar-refractivity contribution in [3.63, 3.8) is 0 Å². The lowest BCUT2D eigenvalue weighted by Gasteiger charge is -2.05. The van der Waals surface area contributed by atoms with E-state index in [0.29, 0.717) is 5.56 Å². The van der Waals surface area contributed by atoms with Gasteiger partial charge in [0.05, 0.1) is 6.61 Å². The molecule has 0 saturated carbocycles. The molecule has 0 bridgehead atoms. The minimum Gasteiger partial charge on any atom is -0.494 e. The van der Waals surface area contributed by atoms with Gasteiger partial charge in [-0.1, -0.05) is 55.4 Å². The van der Waals surface area contributed by atoms with Crippen LogP contribution in [-0.2, 0) is 0 Å². The Kier molecular flexibility index (Phi) is 5.90. The summed E-state index contributed by atoms with van der Waals surface area (Å²) in [4.78, 5) is 10.7. The molecule has 0 radical (unpaired) electrons. The van der Waals surface area contributed by atoms with Gasteiger partial charge in [0.1, 0.15) is 22.1 Å². The summed E-state index contributed by atoms with van der Waals surface area (Å²) in [7, 11) is 0. The monoisotopic (exact) mass is 352 g/mol. The van der Waals surface area contributed by atoms with Crippen LogP contribution >= 0.6 is 11.3 Å². The van der Waals surface area contributed by atoms with Crippen LogP contribution in [0.1, 0.15) is 36.5 Å². The highest BCUT2D eigenvalue weighted by atomic mass is 32.1. The first kappa shape index (κ1) is 17.3. The van der Waals surface area contributed by atoms with Gasteiger partial charge >= 0.3 is 0 Å². The molecule has 0 saturated heterocycles. The van der Waals surface area contributed by atoms with E-state index >= 15 is 0 Å². The summed E-state index contributed by atoms with van der Waals surface area (Å²) in [6.45, 7) is 2.94. The minimum atomic E-state index is 0.656. The Morgan fingerprint density at radius 3 is 2.08 bits per heavy atom. The fourth-order valence-corrected chi connectivity index (χ4v) is 3.25. The van der Waals surface area contributed by atoms with Crippen LogP contribution in [0.3, 0.4) is 0 Å². The van der Waals surface area contributed by atoms with Gasteiger partial charge < -0.3 is 4.74 Å². The zero-order chi connectivity index (χ0) is 17.5. The molecular weight excluding hydrogens is 332 g/mol. The van der Waals surface area contributed by atoms with Crippen molar-refractivity contribution in [2.24, 2.45) is 0 Å². The Hall–Kier alpha value is -2.53. The summed E-state index contributed by atoms with van der Waals surface area (Å²) in [6.07, 6.45) is 4.31. The van der Waals surface area contributed by atoms with Crippen LogP contribution in [-0.4, -0.2) is 23.1 Å². The lowest BCUT2D eigenvalue weighted by Crippen LogP contribution is -1.96. The summed E-state index contributed by atoms with van der Waals surface area (Å²) in [5, 5.41) is 10.2. The van der Waals surface area contributed by atoms with E-state index in [9.17, 15) is 4.79 Å². The number of aromatic nitrogens is 2. The normalized spacial score (nSPS) is 10.6. The first-order chi connectivity index (χ1) is 12.3. The summed E-state index contributed by atoms with van der Waals surface area (Å²) in [5.41, 5.74) is 2.64. The Balaban J connectivity index is 1.68. The molecule has 5 heteroatoms. The van der Waals surface area contributed by atoms with E-state index in [1.165, 1.54) is 24.2 Å². The van der Waals surface area contributed by atoms with Crippen molar-refractivity contribution in [2.45, 2.75) is 26.2 Å². The highest BCUT2D eigenvalue weighted by molar-refractivity contribution is 7.17. The Labute approximate surface area is 151 Å². The van der Waals surface area contributed by atoms with Crippen LogP contribution < -0.4 is 4.74 Å². The highest BCUT2D eigenvalue weighted by Crippen LogP contribution is 2.30. The molecule has 0 spiro atoms. The maximum Gasteiger partial charge on any atom is 0.150 e. The van der Waals surface area contributed by atoms with Crippen LogP contribution in [0.4, 0.5) is 0 Å². The topological polar surface area (TPSA) is 52.1 Å². The summed E-state index contributed by atoms with van der Waals surface area (Å²) in [5.74, 6) is 0.883. The van der Waals surface area contributed by atoms with Crippen molar-refractivity contribution in [1.29, 1.82) is 0 Å². The summed E-state index contributed by atoms with van der Waals surface area (Å²) >= 11 is 1.53. The maximum atomic E-state index is 10.7. The third-order valence-corrected chi connectivity index (χ3v) is 4.86. The molecule has 0 aliphatic carbocycles. The number of unbranched alkanes of at least 4 members (excludes halogenated alkanes) is 2. The van der Waals surface area contributed by atoms with Crippen LogP contribution in [0.15, 0.2) is 48.5 Å². The van der Waals surface area contributed by atoms with E-state index in [1.807, 2.05) is 36.4 Å². The number of carbonyl (C=O) groups is 1. The third-order valence-electron chi connectivity index (χ3n) is 3.84. The SMILES string of the molecule is CCCCCOc1ccc(-c2nnc(-c3ccc(C=O)cc3)s2)cc1. The van der Waals surface area contributed by atoms with Gasteiger partial charge in [-0.25, -0.2) is 0 Å². The molecule has 0 N–H and O–H groups in total. The molecule has 0 aliphatic heterocycles. The van der Waals surface area contributed by atoms with Gasteiger partial charge in [-0.3, -0.25) is 4.79 Å². The number of hydrogen-bond donors (Lipinski definition) is 0. The molecule has 1 aromatic heterocycles. The van der Waals surface area contributed by atoms with Crippen molar-refractivity contribution in [2.75, 3.05) is 6.61 Å². The minimum absolute atomic E-state index is 0.656. The van der Waals surface area contributed by atoms with Crippen molar-refractivity contribution in [1.82, 2.24) is 10.2 Å². The maximum absolute atomic E-state index is 10.7. The molecule has 0 amide bonds. The Morgan fingerprint density at radius 1 is 0.920 bits per heavy atom. The fourth-order valence-electron chi connectivity index (χ4n) is 2.40. The number of ether oxygens (including phenoxy) is 1. The zero-order valence-corrected chi connectivity index (χ0v) is 15.0. The van der Waals surface area contributed by atoms with E-state index in [-0.39, 0.29) is 0 Å². The Morgan fingerprint density at radius 2 is 1.52 bits per heavy atom. The average molecular weight is 352 g/mol. The van der Waals surface area contributed by atoms with Crippen molar-refractivity contribution in [3.05, 3.63) is 54.1 Å². The van der Waals surface area contributed by atoms with Crippen LogP contribution in [0.2, 0.25) is 0 Å². The molecule has 2 aromatic carbocycles. The molecule has 0 atom stereocenters. The van der Waals surface area contributed by atoms with E-state index in [4.69, 9.17) is 4.74 Å². The summed E-state index contributed by atoms with van der Waals surface area (Å²) < 4.78 is 5.73.